The summed E-state index contributed by atoms with van der Waals surface area (Å²) in [7, 11) is -2.37. The van der Waals surface area contributed by atoms with Gasteiger partial charge in [0.2, 0.25) is 11.8 Å². The maximum absolute atomic E-state index is 14.3. The van der Waals surface area contributed by atoms with Crippen LogP contribution in [0, 0.1) is 13.8 Å². The van der Waals surface area contributed by atoms with Gasteiger partial charge in [-0.2, -0.15) is 4.98 Å². The molecule has 0 aliphatic carbocycles. The molecule has 5 rings (SSSR count). The highest BCUT2D eigenvalue weighted by Crippen LogP contribution is 2.44. The first-order chi connectivity index (χ1) is 19.2. The Morgan fingerprint density at radius 2 is 1.61 bits per heavy atom. The van der Waals surface area contributed by atoms with Crippen LogP contribution in [-0.2, 0) is 15.4 Å². The normalized spacial score (nSPS) is 16.8. The maximum Gasteiger partial charge on any atom is 0.267 e. The van der Waals surface area contributed by atoms with Crippen molar-refractivity contribution >= 4 is 30.9 Å². The Kier molecular flexibility index (Phi) is 7.51. The number of halogens is 2. The minimum absolute atomic E-state index is 0.0492. The number of fused-ring (bicyclic) bond motifs is 4. The molecular formula is C30H31F2N4O3PS. The molecule has 0 saturated heterocycles. The highest BCUT2D eigenvalue weighted by molar-refractivity contribution is 7.92. The molecule has 214 valence electrons. The van der Waals surface area contributed by atoms with Crippen LogP contribution in [0.4, 0.5) is 20.4 Å². The smallest absolute Gasteiger partial charge is 0.267 e. The molecule has 2 N–H and O–H groups in total. The fraction of sp³-hybridized carbons (Fsp3) is 0.267. The second-order valence-electron chi connectivity index (χ2n) is 10.7. The van der Waals surface area contributed by atoms with Crippen molar-refractivity contribution in [1.82, 2.24) is 9.97 Å². The number of rotatable bonds is 4. The third-order valence-electron chi connectivity index (χ3n) is 7.40. The lowest BCUT2D eigenvalue weighted by atomic mass is 9.84. The van der Waals surface area contributed by atoms with Gasteiger partial charge in [0.25, 0.3) is 15.7 Å². The first kappa shape index (κ1) is 28.9. The molecule has 1 aliphatic rings. The summed E-state index contributed by atoms with van der Waals surface area (Å²) in [6.07, 6.45) is -0.600. The van der Waals surface area contributed by atoms with Gasteiger partial charge in [-0.05, 0) is 68.1 Å². The van der Waals surface area contributed by atoms with E-state index in [-0.39, 0.29) is 23.3 Å². The van der Waals surface area contributed by atoms with Crippen LogP contribution in [0.25, 0.3) is 11.3 Å². The van der Waals surface area contributed by atoms with Crippen molar-refractivity contribution in [1.29, 1.82) is 0 Å². The molecule has 0 spiro atoms. The van der Waals surface area contributed by atoms with E-state index in [2.05, 4.69) is 20.0 Å². The second-order valence-corrected chi connectivity index (χ2v) is 13.1. The third-order valence-corrected chi connectivity index (χ3v) is 9.45. The lowest BCUT2D eigenvalue weighted by Gasteiger charge is -2.32. The van der Waals surface area contributed by atoms with E-state index in [1.54, 1.807) is 51.7 Å². The van der Waals surface area contributed by atoms with E-state index in [0.29, 0.717) is 16.9 Å². The lowest BCUT2D eigenvalue weighted by molar-refractivity contribution is 0.0286. The minimum atomic E-state index is -4.00. The monoisotopic (exact) mass is 596 g/mol. The van der Waals surface area contributed by atoms with Crippen LogP contribution < -0.4 is 14.8 Å². The number of ether oxygens (including phenoxy) is 1. The van der Waals surface area contributed by atoms with E-state index >= 15 is 0 Å². The van der Waals surface area contributed by atoms with Crippen LogP contribution in [-0.4, -0.2) is 30.6 Å². The molecule has 4 bridgehead atoms. The summed E-state index contributed by atoms with van der Waals surface area (Å²) in [4.78, 5) is 9.00. The standard InChI is InChI=1S/C30H31F2N4O3PS/c1-18-7-5-8-19(2)27(18)24-16-26-35-28(34-24)36-41(37,38)23-10-6-9-22(15-23)33-17-25(39-26)20-11-13-21(14-12-20)29(3,4)30(31,32)40/h5-16,25,33H,17,40H2,1-4H3,(H,34,35,36). The molecule has 4 aromatic rings. The summed E-state index contributed by atoms with van der Waals surface area (Å²) >= 11 is 0. The lowest BCUT2D eigenvalue weighted by Crippen LogP contribution is -2.34. The molecule has 1 aromatic heterocycles. The zero-order valence-corrected chi connectivity index (χ0v) is 25.0. The number of alkyl halides is 2. The Bertz CT molecular complexity index is 1690. The van der Waals surface area contributed by atoms with Gasteiger partial charge in [-0.3, -0.25) is 0 Å². The Morgan fingerprint density at radius 3 is 2.27 bits per heavy atom. The van der Waals surface area contributed by atoms with Crippen LogP contribution in [0.1, 0.15) is 42.2 Å². The first-order valence-corrected chi connectivity index (χ1v) is 15.1. The van der Waals surface area contributed by atoms with E-state index in [0.717, 1.165) is 22.3 Å². The van der Waals surface area contributed by atoms with Crippen LogP contribution in [0.2, 0.25) is 0 Å². The van der Waals surface area contributed by atoms with Gasteiger partial charge >= 0.3 is 0 Å². The number of anilines is 2. The highest BCUT2D eigenvalue weighted by Gasteiger charge is 2.43. The summed E-state index contributed by atoms with van der Waals surface area (Å²) < 4.78 is 63.9. The van der Waals surface area contributed by atoms with E-state index in [9.17, 15) is 17.2 Å². The molecular weight excluding hydrogens is 565 g/mol. The topological polar surface area (TPSA) is 93.2 Å². The Morgan fingerprint density at radius 1 is 0.951 bits per heavy atom. The number of benzene rings is 3. The van der Waals surface area contributed by atoms with Crippen LogP contribution in [0.3, 0.4) is 0 Å². The summed E-state index contributed by atoms with van der Waals surface area (Å²) in [6.45, 7) is 7.14. The van der Waals surface area contributed by atoms with Crippen molar-refractivity contribution in [2.75, 3.05) is 16.6 Å². The van der Waals surface area contributed by atoms with Gasteiger partial charge in [0, 0.05) is 17.3 Å². The van der Waals surface area contributed by atoms with Crippen LogP contribution in [0.15, 0.2) is 77.7 Å². The quantitative estimate of drug-likeness (QED) is 0.250. The Balaban J connectivity index is 1.62. The predicted octanol–water partition coefficient (Wildman–Crippen LogP) is 6.85. The molecule has 11 heteroatoms. The van der Waals surface area contributed by atoms with Gasteiger partial charge in [0.15, 0.2) is 0 Å². The van der Waals surface area contributed by atoms with Crippen LogP contribution >= 0.6 is 9.24 Å². The number of sulfonamides is 1. The number of aromatic nitrogens is 2. The molecule has 0 saturated carbocycles. The van der Waals surface area contributed by atoms with Gasteiger partial charge in [-0.1, -0.05) is 57.8 Å². The van der Waals surface area contributed by atoms with Gasteiger partial charge < -0.3 is 10.1 Å². The van der Waals surface area contributed by atoms with Gasteiger partial charge in [0.1, 0.15) is 6.10 Å². The molecule has 2 unspecified atom stereocenters. The summed E-state index contributed by atoms with van der Waals surface area (Å²) in [5, 5.41) is 3.25. The van der Waals surface area contributed by atoms with E-state index < -0.39 is 27.2 Å². The number of nitrogens with one attached hydrogen (secondary N) is 2. The summed E-state index contributed by atoms with van der Waals surface area (Å²) in [5.41, 5.74) is 0.635. The summed E-state index contributed by atoms with van der Waals surface area (Å²) in [6, 6.07) is 20.8. The Hall–Kier alpha value is -3.62. The predicted molar refractivity (Wildman–Crippen MR) is 160 cm³/mol. The van der Waals surface area contributed by atoms with Gasteiger partial charge in [-0.25, -0.2) is 26.9 Å². The van der Waals surface area contributed by atoms with Crippen molar-refractivity contribution in [3.63, 3.8) is 0 Å². The zero-order chi connectivity index (χ0) is 29.6. The number of hydrogen-bond acceptors (Lipinski definition) is 6. The molecule has 2 atom stereocenters. The van der Waals surface area contributed by atoms with Crippen molar-refractivity contribution in [2.45, 2.75) is 49.8 Å². The molecule has 1 aliphatic heterocycles. The van der Waals surface area contributed by atoms with Crippen molar-refractivity contribution in [3.05, 3.63) is 95.1 Å². The SMILES string of the molecule is Cc1cccc(C)c1-c1cc2nc(n1)NS(=O)(=O)c1cccc(c1)NCC(c1ccc(C(C)(C)C(F)(F)P)cc1)O2. The average Bonchev–Trinajstić information content (AvgIpc) is 2.90. The minimum Gasteiger partial charge on any atom is -0.467 e. The molecule has 7 nitrogen and oxygen atoms in total. The molecule has 3 aromatic carbocycles. The molecule has 41 heavy (non-hydrogen) atoms. The molecule has 2 heterocycles. The van der Waals surface area contributed by atoms with Crippen LogP contribution in [0.5, 0.6) is 5.88 Å². The number of nitrogens with zero attached hydrogens (tertiary/aromatic N) is 2. The maximum atomic E-state index is 14.3. The van der Waals surface area contributed by atoms with Crippen molar-refractivity contribution in [2.24, 2.45) is 0 Å². The van der Waals surface area contributed by atoms with Crippen molar-refractivity contribution in [3.8, 4) is 17.1 Å². The zero-order valence-electron chi connectivity index (χ0n) is 23.1. The molecule has 0 radical (unpaired) electrons. The fourth-order valence-corrected chi connectivity index (χ4v) is 5.88. The van der Waals surface area contributed by atoms with Crippen molar-refractivity contribution < 1.29 is 21.9 Å². The van der Waals surface area contributed by atoms with E-state index in [4.69, 9.17) is 4.74 Å². The third kappa shape index (κ3) is 5.90. The largest absolute Gasteiger partial charge is 0.467 e. The highest BCUT2D eigenvalue weighted by atomic mass is 32.2. The van der Waals surface area contributed by atoms with Gasteiger partial charge in [0.05, 0.1) is 22.5 Å². The van der Waals surface area contributed by atoms with Gasteiger partial charge in [-0.15, -0.1) is 0 Å². The average molecular weight is 597 g/mol. The number of hydrogen-bond donors (Lipinski definition) is 2. The number of aryl methyl sites for hydroxylation is 2. The Labute approximate surface area is 241 Å². The first-order valence-electron chi connectivity index (χ1n) is 13.0. The molecule has 0 fully saturated rings. The molecule has 0 amide bonds. The summed E-state index contributed by atoms with van der Waals surface area (Å²) in [5.74, 6) is 0.0323. The van der Waals surface area contributed by atoms with E-state index in [1.165, 1.54) is 26.0 Å². The second kappa shape index (κ2) is 10.7. The fourth-order valence-electron chi connectivity index (χ4n) is 4.72. The van der Waals surface area contributed by atoms with E-state index in [1.807, 2.05) is 32.0 Å².